The van der Waals surface area contributed by atoms with Crippen LogP contribution in [0, 0.1) is 0 Å². The number of alkyl carbamates (subject to hydrolysis) is 2. The number of likely N-dealkylation sites (N-methyl/N-ethyl adjacent to an activating group) is 1. The van der Waals surface area contributed by atoms with Crippen LogP contribution in [0.1, 0.15) is 93.4 Å². The highest BCUT2D eigenvalue weighted by molar-refractivity contribution is 5.86. The van der Waals surface area contributed by atoms with E-state index in [9.17, 15) is 24.0 Å². The van der Waals surface area contributed by atoms with E-state index in [2.05, 4.69) is 31.4 Å². The van der Waals surface area contributed by atoms with Crippen molar-refractivity contribution in [3.8, 4) is 0 Å². The van der Waals surface area contributed by atoms with Gasteiger partial charge in [0.15, 0.2) is 0 Å². The molecule has 0 aliphatic rings. The van der Waals surface area contributed by atoms with Gasteiger partial charge >= 0.3 is 18.2 Å². The van der Waals surface area contributed by atoms with E-state index in [1.165, 1.54) is 12.1 Å². The molecule has 4 amide bonds. The fraction of sp³-hybridized carbons (Fsp3) is 0.821. The number of carbonyl (C=O) groups excluding carboxylic acids is 5. The summed E-state index contributed by atoms with van der Waals surface area (Å²) in [6.45, 7) is 12.7. The first kappa shape index (κ1) is 40.2. The molecule has 0 fully saturated rings. The lowest BCUT2D eigenvalue weighted by Gasteiger charge is -2.26. The van der Waals surface area contributed by atoms with Gasteiger partial charge in [0.25, 0.3) is 0 Å². The van der Waals surface area contributed by atoms with Crippen molar-refractivity contribution in [2.24, 2.45) is 5.11 Å². The molecule has 0 bridgehead atoms. The number of hydrogen-bond acceptors (Lipinski definition) is 10. The second kappa shape index (κ2) is 21.0. The molecule has 0 saturated heterocycles. The molecule has 0 aromatic rings. The Kier molecular flexibility index (Phi) is 19.2. The predicted octanol–water partition coefficient (Wildman–Crippen LogP) is 3.46. The van der Waals surface area contributed by atoms with E-state index in [0.717, 1.165) is 12.8 Å². The maximum atomic E-state index is 13.3. The van der Waals surface area contributed by atoms with Gasteiger partial charge in [0, 0.05) is 37.5 Å². The SMILES string of the molecule is CCCCOC(=O)CN(C)NC(=O)C[C@H](CCN=[N+]=[N-])NC(=O)[C@H](CCCCNC(=O)OC(C)(C)C)NC(=O)OC(C)(C)C. The summed E-state index contributed by atoms with van der Waals surface area (Å²) >= 11 is 0. The summed E-state index contributed by atoms with van der Waals surface area (Å²) in [7, 11) is 1.50. The standard InChI is InChI=1S/C28H52N8O8/c1-9-10-17-42-23(38)19-36(8)34-22(37)18-20(14-16-31-35-29)32-24(39)21(33-26(41)44-28(5,6)7)13-11-12-15-30-25(40)43-27(2,3)4/h20-21H,9-19H2,1-8H3,(H,30,40)(H,32,39)(H,33,41)(H,34,37)/t20-,21-/m0/s1. The lowest BCUT2D eigenvalue weighted by molar-refractivity contribution is -0.146. The van der Waals surface area contributed by atoms with Crippen LogP contribution in [-0.2, 0) is 28.6 Å². The van der Waals surface area contributed by atoms with Crippen LogP contribution in [0.5, 0.6) is 0 Å². The van der Waals surface area contributed by atoms with Crippen molar-refractivity contribution in [2.75, 3.05) is 33.3 Å². The molecule has 0 aromatic heterocycles. The zero-order valence-electron chi connectivity index (χ0n) is 27.5. The largest absolute Gasteiger partial charge is 0.465 e. The van der Waals surface area contributed by atoms with E-state index in [1.807, 2.05) is 6.92 Å². The van der Waals surface area contributed by atoms with Crippen LogP contribution >= 0.6 is 0 Å². The highest BCUT2D eigenvalue weighted by Crippen LogP contribution is 2.10. The first-order valence-electron chi connectivity index (χ1n) is 14.9. The van der Waals surface area contributed by atoms with Crippen molar-refractivity contribution < 1.29 is 38.2 Å². The Morgan fingerprint density at radius 3 is 2.14 bits per heavy atom. The minimum Gasteiger partial charge on any atom is -0.465 e. The van der Waals surface area contributed by atoms with E-state index < -0.39 is 53.3 Å². The highest BCUT2D eigenvalue weighted by Gasteiger charge is 2.27. The molecule has 0 rings (SSSR count). The maximum Gasteiger partial charge on any atom is 0.408 e. The van der Waals surface area contributed by atoms with Crippen LogP contribution in [0.3, 0.4) is 0 Å². The molecule has 0 unspecified atom stereocenters. The van der Waals surface area contributed by atoms with E-state index in [1.54, 1.807) is 41.5 Å². The van der Waals surface area contributed by atoms with Crippen molar-refractivity contribution in [3.05, 3.63) is 10.4 Å². The first-order valence-corrected chi connectivity index (χ1v) is 14.9. The van der Waals surface area contributed by atoms with Crippen molar-refractivity contribution in [1.82, 2.24) is 26.4 Å². The smallest absolute Gasteiger partial charge is 0.408 e. The monoisotopic (exact) mass is 628 g/mol. The second-order valence-corrected chi connectivity index (χ2v) is 12.2. The third kappa shape index (κ3) is 22.8. The summed E-state index contributed by atoms with van der Waals surface area (Å²) in [5.41, 5.74) is 9.81. The van der Waals surface area contributed by atoms with Gasteiger partial charge in [0.1, 0.15) is 23.8 Å². The number of carbonyl (C=O) groups is 5. The predicted molar refractivity (Wildman–Crippen MR) is 163 cm³/mol. The zero-order chi connectivity index (χ0) is 33.8. The van der Waals surface area contributed by atoms with E-state index in [4.69, 9.17) is 19.7 Å². The average Bonchev–Trinajstić information content (AvgIpc) is 2.85. The summed E-state index contributed by atoms with van der Waals surface area (Å²) in [5, 5.41) is 12.8. The Labute approximate surface area is 260 Å². The van der Waals surface area contributed by atoms with Crippen LogP contribution in [0.4, 0.5) is 9.59 Å². The minimum absolute atomic E-state index is 0.00875. The molecule has 0 aromatic carbocycles. The van der Waals surface area contributed by atoms with Crippen LogP contribution < -0.4 is 21.4 Å². The fourth-order valence-electron chi connectivity index (χ4n) is 3.57. The number of hydrazine groups is 1. The first-order chi connectivity index (χ1) is 20.5. The molecule has 4 N–H and O–H groups in total. The Bertz CT molecular complexity index is 974. The van der Waals surface area contributed by atoms with E-state index in [-0.39, 0.29) is 32.4 Å². The van der Waals surface area contributed by atoms with Gasteiger partial charge in [-0.2, -0.15) is 0 Å². The molecule has 0 saturated carbocycles. The van der Waals surface area contributed by atoms with Gasteiger partial charge in [-0.3, -0.25) is 19.8 Å². The summed E-state index contributed by atoms with van der Waals surface area (Å²) in [6, 6.07) is -1.77. The summed E-state index contributed by atoms with van der Waals surface area (Å²) in [6.07, 6.45) is 1.37. The van der Waals surface area contributed by atoms with Gasteiger partial charge < -0.3 is 30.2 Å². The number of unbranched alkanes of at least 4 members (excludes halogenated alkanes) is 2. The van der Waals surface area contributed by atoms with E-state index in [0.29, 0.717) is 26.0 Å². The number of azide groups is 1. The number of nitrogens with zero attached hydrogens (tertiary/aromatic N) is 4. The van der Waals surface area contributed by atoms with Gasteiger partial charge in [-0.15, -0.1) is 0 Å². The maximum absolute atomic E-state index is 13.3. The van der Waals surface area contributed by atoms with Crippen LogP contribution in [0.2, 0.25) is 0 Å². The van der Waals surface area contributed by atoms with Crippen molar-refractivity contribution in [3.63, 3.8) is 0 Å². The molecule has 44 heavy (non-hydrogen) atoms. The molecule has 0 aliphatic carbocycles. The zero-order valence-corrected chi connectivity index (χ0v) is 27.5. The van der Waals surface area contributed by atoms with Gasteiger partial charge in [-0.1, -0.05) is 18.5 Å². The Morgan fingerprint density at radius 1 is 0.909 bits per heavy atom. The number of esters is 1. The number of rotatable bonds is 19. The van der Waals surface area contributed by atoms with Gasteiger partial charge in [-0.05, 0) is 79.2 Å². The molecule has 252 valence electrons. The van der Waals surface area contributed by atoms with Crippen molar-refractivity contribution in [2.45, 2.75) is 117 Å². The minimum atomic E-state index is -1.02. The Hall–Kier alpha value is -3.78. The Balaban J connectivity index is 5.32. The average molecular weight is 629 g/mol. The molecule has 0 spiro atoms. The number of amides is 4. The lowest BCUT2D eigenvalue weighted by atomic mass is 10.1. The molecular weight excluding hydrogens is 576 g/mol. The molecule has 16 heteroatoms. The third-order valence-corrected chi connectivity index (χ3v) is 5.46. The summed E-state index contributed by atoms with van der Waals surface area (Å²) < 4.78 is 15.6. The molecular formula is C28H52N8O8. The number of hydrogen-bond donors (Lipinski definition) is 4. The molecule has 2 atom stereocenters. The molecule has 0 heterocycles. The quantitative estimate of drug-likeness (QED) is 0.0313. The topological polar surface area (TPSA) is 213 Å². The third-order valence-electron chi connectivity index (χ3n) is 5.46. The summed E-state index contributed by atoms with van der Waals surface area (Å²) in [4.78, 5) is 65.0. The van der Waals surface area contributed by atoms with Crippen molar-refractivity contribution in [1.29, 1.82) is 0 Å². The highest BCUT2D eigenvalue weighted by atomic mass is 16.6. The Morgan fingerprint density at radius 2 is 1.55 bits per heavy atom. The van der Waals surface area contributed by atoms with Crippen molar-refractivity contribution >= 4 is 30.0 Å². The second-order valence-electron chi connectivity index (χ2n) is 12.2. The fourth-order valence-corrected chi connectivity index (χ4v) is 3.57. The van der Waals surface area contributed by atoms with Gasteiger partial charge in [-0.25, -0.2) is 14.6 Å². The van der Waals surface area contributed by atoms with Crippen LogP contribution in [0.25, 0.3) is 10.4 Å². The van der Waals surface area contributed by atoms with E-state index >= 15 is 0 Å². The number of nitrogens with one attached hydrogen (secondary N) is 4. The normalized spacial score (nSPS) is 12.7. The van der Waals surface area contributed by atoms with Crippen LogP contribution in [-0.4, -0.2) is 91.6 Å². The number of ether oxygens (including phenoxy) is 3. The van der Waals surface area contributed by atoms with Gasteiger partial charge in [0.05, 0.1) is 6.61 Å². The molecule has 0 radical (unpaired) electrons. The lowest BCUT2D eigenvalue weighted by Crippen LogP contribution is -2.52. The van der Waals surface area contributed by atoms with Gasteiger partial charge in [0.2, 0.25) is 11.8 Å². The van der Waals surface area contributed by atoms with Crippen LogP contribution in [0.15, 0.2) is 5.11 Å². The molecule has 16 nitrogen and oxygen atoms in total. The summed E-state index contributed by atoms with van der Waals surface area (Å²) in [5.74, 6) is -1.56. The molecule has 0 aliphatic heterocycles.